The summed E-state index contributed by atoms with van der Waals surface area (Å²) in [4.78, 5) is 12.1. The molecule has 3 rings (SSSR count). The van der Waals surface area contributed by atoms with Crippen molar-refractivity contribution in [2.75, 3.05) is 7.11 Å². The highest BCUT2D eigenvalue weighted by atomic mass is 16.5. The number of para-hydroxylation sites is 1. The van der Waals surface area contributed by atoms with Crippen LogP contribution in [0.3, 0.4) is 0 Å². The molecule has 0 amide bonds. The fourth-order valence-corrected chi connectivity index (χ4v) is 2.36. The van der Waals surface area contributed by atoms with Crippen molar-refractivity contribution >= 4 is 17.0 Å². The van der Waals surface area contributed by atoms with E-state index >= 15 is 0 Å². The van der Waals surface area contributed by atoms with E-state index in [9.17, 15) is 0 Å². The van der Waals surface area contributed by atoms with Crippen LogP contribution in [-0.4, -0.2) is 22.1 Å². The third kappa shape index (κ3) is 1.86. The van der Waals surface area contributed by atoms with Gasteiger partial charge in [0.2, 0.25) is 0 Å². The second-order valence-electron chi connectivity index (χ2n) is 4.52. The molecule has 0 spiro atoms. The average molecular weight is 265 g/mol. The summed E-state index contributed by atoms with van der Waals surface area (Å²) in [5.41, 5.74) is 3.60. The van der Waals surface area contributed by atoms with Crippen molar-refractivity contribution in [2.45, 2.75) is 6.92 Å². The first-order valence-electron chi connectivity index (χ1n) is 6.35. The summed E-state index contributed by atoms with van der Waals surface area (Å²) in [7, 11) is 1.68. The van der Waals surface area contributed by atoms with E-state index in [4.69, 9.17) is 9.72 Å². The number of aromatic amines is 1. The lowest BCUT2D eigenvalue weighted by molar-refractivity contribution is 0.416. The van der Waals surface area contributed by atoms with Gasteiger partial charge in [-0.3, -0.25) is 0 Å². The Morgan fingerprint density at radius 2 is 2.10 bits per heavy atom. The molecule has 4 nitrogen and oxygen atoms in total. The van der Waals surface area contributed by atoms with Gasteiger partial charge in [-0.15, -0.1) is 0 Å². The quantitative estimate of drug-likeness (QED) is 0.787. The predicted octanol–water partition coefficient (Wildman–Crippen LogP) is 3.58. The molecule has 1 aromatic carbocycles. The van der Waals surface area contributed by atoms with Gasteiger partial charge in [-0.2, -0.15) is 0 Å². The van der Waals surface area contributed by atoms with Gasteiger partial charge in [0.1, 0.15) is 11.6 Å². The van der Waals surface area contributed by atoms with E-state index in [0.29, 0.717) is 0 Å². The molecule has 0 aliphatic carbocycles. The molecule has 0 aliphatic rings. The van der Waals surface area contributed by atoms with Gasteiger partial charge in [-0.05, 0) is 25.1 Å². The van der Waals surface area contributed by atoms with Crippen molar-refractivity contribution in [1.29, 1.82) is 0 Å². The van der Waals surface area contributed by atoms with E-state index < -0.39 is 0 Å². The average Bonchev–Trinajstić information content (AvgIpc) is 2.95. The number of pyridine rings is 1. The summed E-state index contributed by atoms with van der Waals surface area (Å²) >= 11 is 0. The number of H-pyrrole nitrogens is 1. The van der Waals surface area contributed by atoms with E-state index in [1.54, 1.807) is 19.4 Å². The Kier molecular flexibility index (Phi) is 2.99. The van der Waals surface area contributed by atoms with Crippen LogP contribution in [0, 0.1) is 6.92 Å². The van der Waals surface area contributed by atoms with Crippen LogP contribution in [0.2, 0.25) is 0 Å². The van der Waals surface area contributed by atoms with Crippen LogP contribution in [0.15, 0.2) is 37.0 Å². The predicted molar refractivity (Wildman–Crippen MR) is 80.7 cm³/mol. The zero-order valence-corrected chi connectivity index (χ0v) is 11.5. The second kappa shape index (κ2) is 4.81. The van der Waals surface area contributed by atoms with Gasteiger partial charge in [-0.1, -0.05) is 18.7 Å². The topological polar surface area (TPSA) is 50.8 Å². The molecule has 0 radical (unpaired) electrons. The standard InChI is InChI=1S/C16H15N3O/c1-4-14-17-9-13(18-14)15-10(2)16(20-3)11-7-5-6-8-12(11)19-15/h4-9H,1H2,2-3H3,(H,17,18). The lowest BCUT2D eigenvalue weighted by Crippen LogP contribution is -1.96. The molecule has 0 unspecified atom stereocenters. The fraction of sp³-hybridized carbons (Fsp3) is 0.125. The molecule has 2 heterocycles. The number of nitrogens with zero attached hydrogens (tertiary/aromatic N) is 2. The number of aromatic nitrogens is 3. The molecular formula is C16H15N3O. The first-order chi connectivity index (χ1) is 9.74. The summed E-state index contributed by atoms with van der Waals surface area (Å²) in [6, 6.07) is 7.94. The second-order valence-corrected chi connectivity index (χ2v) is 4.52. The monoisotopic (exact) mass is 265 g/mol. The van der Waals surface area contributed by atoms with Crippen molar-refractivity contribution in [1.82, 2.24) is 15.0 Å². The summed E-state index contributed by atoms with van der Waals surface area (Å²) in [5.74, 6) is 1.58. The fourth-order valence-electron chi connectivity index (χ4n) is 2.36. The van der Waals surface area contributed by atoms with Crippen LogP contribution in [0.1, 0.15) is 11.4 Å². The number of rotatable bonds is 3. The van der Waals surface area contributed by atoms with Crippen LogP contribution >= 0.6 is 0 Å². The lowest BCUT2D eigenvalue weighted by atomic mass is 10.1. The van der Waals surface area contributed by atoms with E-state index in [-0.39, 0.29) is 0 Å². The highest BCUT2D eigenvalue weighted by Gasteiger charge is 2.14. The minimum Gasteiger partial charge on any atom is -0.496 e. The lowest BCUT2D eigenvalue weighted by Gasteiger charge is -2.12. The van der Waals surface area contributed by atoms with E-state index in [1.165, 1.54) is 0 Å². The van der Waals surface area contributed by atoms with Gasteiger partial charge in [0.05, 0.1) is 30.2 Å². The molecule has 0 aliphatic heterocycles. The first kappa shape index (κ1) is 12.4. The van der Waals surface area contributed by atoms with Gasteiger partial charge >= 0.3 is 0 Å². The van der Waals surface area contributed by atoms with Crippen LogP contribution in [-0.2, 0) is 0 Å². The molecule has 20 heavy (non-hydrogen) atoms. The van der Waals surface area contributed by atoms with E-state index in [2.05, 4.69) is 16.5 Å². The normalized spacial score (nSPS) is 10.7. The molecule has 2 aromatic heterocycles. The van der Waals surface area contributed by atoms with E-state index in [1.807, 2.05) is 31.2 Å². The maximum Gasteiger partial charge on any atom is 0.133 e. The Balaban J connectivity index is 2.30. The molecule has 0 bridgehead atoms. The number of benzene rings is 1. The van der Waals surface area contributed by atoms with Gasteiger partial charge in [0.25, 0.3) is 0 Å². The zero-order valence-electron chi connectivity index (χ0n) is 11.5. The Labute approximate surface area is 117 Å². The summed E-state index contributed by atoms with van der Waals surface area (Å²) in [5, 5.41) is 1.01. The minimum atomic E-state index is 0.730. The van der Waals surface area contributed by atoms with Crippen molar-refractivity contribution in [3.63, 3.8) is 0 Å². The number of methoxy groups -OCH3 is 1. The van der Waals surface area contributed by atoms with E-state index in [0.717, 1.165) is 39.4 Å². The summed E-state index contributed by atoms with van der Waals surface area (Å²) < 4.78 is 5.56. The Bertz CT molecular complexity index is 790. The number of hydrogen-bond donors (Lipinski definition) is 1. The van der Waals surface area contributed by atoms with Gasteiger partial charge in [0, 0.05) is 10.9 Å². The third-order valence-electron chi connectivity index (χ3n) is 3.32. The maximum atomic E-state index is 5.56. The molecule has 0 fully saturated rings. The number of nitrogens with one attached hydrogen (secondary N) is 1. The molecular weight excluding hydrogens is 250 g/mol. The molecule has 0 saturated heterocycles. The number of ether oxygens (including phenoxy) is 1. The Hall–Kier alpha value is -2.62. The highest BCUT2D eigenvalue weighted by Crippen LogP contribution is 2.34. The Morgan fingerprint density at radius 1 is 1.30 bits per heavy atom. The van der Waals surface area contributed by atoms with Crippen LogP contribution in [0.5, 0.6) is 5.75 Å². The number of hydrogen-bond acceptors (Lipinski definition) is 3. The first-order valence-corrected chi connectivity index (χ1v) is 6.35. The third-order valence-corrected chi connectivity index (χ3v) is 3.32. The zero-order chi connectivity index (χ0) is 14.1. The number of imidazole rings is 1. The van der Waals surface area contributed by atoms with Gasteiger partial charge in [-0.25, -0.2) is 9.97 Å². The molecule has 0 saturated carbocycles. The smallest absolute Gasteiger partial charge is 0.133 e. The van der Waals surface area contributed by atoms with Crippen LogP contribution in [0.25, 0.3) is 28.4 Å². The van der Waals surface area contributed by atoms with Crippen LogP contribution < -0.4 is 4.74 Å². The molecule has 100 valence electrons. The van der Waals surface area contributed by atoms with Crippen LogP contribution in [0.4, 0.5) is 0 Å². The van der Waals surface area contributed by atoms with Gasteiger partial charge in [0.15, 0.2) is 0 Å². The number of fused-ring (bicyclic) bond motifs is 1. The molecule has 1 N–H and O–H groups in total. The summed E-state index contributed by atoms with van der Waals surface area (Å²) in [6.07, 6.45) is 3.44. The SMILES string of the molecule is C=Cc1ncc(-c2nc3ccccc3c(OC)c2C)[nH]1. The summed E-state index contributed by atoms with van der Waals surface area (Å²) in [6.45, 7) is 5.71. The maximum absolute atomic E-state index is 5.56. The molecule has 0 atom stereocenters. The molecule has 3 aromatic rings. The van der Waals surface area contributed by atoms with Crippen molar-refractivity contribution in [2.24, 2.45) is 0 Å². The highest BCUT2D eigenvalue weighted by molar-refractivity contribution is 5.89. The largest absolute Gasteiger partial charge is 0.496 e. The Morgan fingerprint density at radius 3 is 2.80 bits per heavy atom. The van der Waals surface area contributed by atoms with Crippen molar-refractivity contribution < 1.29 is 4.74 Å². The minimum absolute atomic E-state index is 0.730. The van der Waals surface area contributed by atoms with Gasteiger partial charge < -0.3 is 9.72 Å². The van der Waals surface area contributed by atoms with Crippen molar-refractivity contribution in [3.8, 4) is 17.1 Å². The molecule has 4 heteroatoms. The van der Waals surface area contributed by atoms with Crippen molar-refractivity contribution in [3.05, 3.63) is 48.4 Å².